The van der Waals surface area contributed by atoms with Crippen molar-refractivity contribution in [2.75, 3.05) is 0 Å². The average molecular weight is 435 g/mol. The van der Waals surface area contributed by atoms with Gasteiger partial charge in [0.2, 0.25) is 0 Å². The number of benzene rings is 2. The standard InChI is InChI=1S/C24H23ClN4O2/c25-21-3-1-2-4-22(21)29-15-18(13-26-29)24(31)28(20-11-12-20)14-16-5-7-17(8-6-16)23(30)27-19-9-10-19/h1-8,13,15,19-20H,9-12,14H2,(H,27,30). The highest BCUT2D eigenvalue weighted by molar-refractivity contribution is 6.32. The summed E-state index contributed by atoms with van der Waals surface area (Å²) >= 11 is 6.26. The van der Waals surface area contributed by atoms with E-state index in [1.165, 1.54) is 0 Å². The van der Waals surface area contributed by atoms with E-state index in [0.29, 0.717) is 28.7 Å². The van der Waals surface area contributed by atoms with Crippen molar-refractivity contribution in [3.05, 3.63) is 82.6 Å². The predicted octanol–water partition coefficient (Wildman–Crippen LogP) is 4.22. The molecular formula is C24H23ClN4O2. The zero-order valence-electron chi connectivity index (χ0n) is 17.0. The number of amides is 2. The van der Waals surface area contributed by atoms with Crippen LogP contribution in [0.4, 0.5) is 0 Å². The molecule has 1 N–H and O–H groups in total. The summed E-state index contributed by atoms with van der Waals surface area (Å²) < 4.78 is 1.63. The predicted molar refractivity (Wildman–Crippen MR) is 118 cm³/mol. The third kappa shape index (κ3) is 4.49. The van der Waals surface area contributed by atoms with E-state index in [2.05, 4.69) is 10.4 Å². The number of carbonyl (C=O) groups is 2. The average Bonchev–Trinajstić information content (AvgIpc) is 3.72. The molecule has 2 aliphatic rings. The molecule has 2 fully saturated rings. The summed E-state index contributed by atoms with van der Waals surface area (Å²) in [7, 11) is 0. The fourth-order valence-corrected chi connectivity index (χ4v) is 3.80. The number of nitrogens with one attached hydrogen (secondary N) is 1. The molecule has 0 atom stereocenters. The summed E-state index contributed by atoms with van der Waals surface area (Å²) in [6.45, 7) is 0.505. The lowest BCUT2D eigenvalue weighted by atomic mass is 10.1. The Morgan fingerprint density at radius 2 is 1.77 bits per heavy atom. The number of para-hydroxylation sites is 1. The van der Waals surface area contributed by atoms with Gasteiger partial charge >= 0.3 is 0 Å². The van der Waals surface area contributed by atoms with Crippen LogP contribution < -0.4 is 5.32 Å². The first kappa shape index (κ1) is 19.8. The van der Waals surface area contributed by atoms with E-state index in [1.54, 1.807) is 23.1 Å². The highest BCUT2D eigenvalue weighted by Crippen LogP contribution is 2.30. The zero-order chi connectivity index (χ0) is 21.4. The van der Waals surface area contributed by atoms with Crippen molar-refractivity contribution in [3.63, 3.8) is 0 Å². The van der Waals surface area contributed by atoms with Crippen LogP contribution in [0, 0.1) is 0 Å². The Hall–Kier alpha value is -3.12. The fraction of sp³-hybridized carbons (Fsp3) is 0.292. The highest BCUT2D eigenvalue weighted by Gasteiger charge is 2.33. The number of nitrogens with zero attached hydrogens (tertiary/aromatic N) is 3. The topological polar surface area (TPSA) is 67.2 Å². The molecule has 0 bridgehead atoms. The maximum atomic E-state index is 13.2. The number of hydrogen-bond acceptors (Lipinski definition) is 3. The Morgan fingerprint density at radius 3 is 2.45 bits per heavy atom. The number of carbonyl (C=O) groups excluding carboxylic acids is 2. The van der Waals surface area contributed by atoms with Gasteiger partial charge in [-0.25, -0.2) is 4.68 Å². The lowest BCUT2D eigenvalue weighted by Gasteiger charge is -2.22. The van der Waals surface area contributed by atoms with Crippen molar-refractivity contribution in [2.45, 2.75) is 44.3 Å². The van der Waals surface area contributed by atoms with Crippen LogP contribution >= 0.6 is 11.6 Å². The van der Waals surface area contributed by atoms with Gasteiger partial charge in [-0.3, -0.25) is 9.59 Å². The number of halogens is 1. The summed E-state index contributed by atoms with van der Waals surface area (Å²) in [4.78, 5) is 27.3. The minimum Gasteiger partial charge on any atom is -0.349 e. The van der Waals surface area contributed by atoms with Gasteiger partial charge in [0.15, 0.2) is 0 Å². The third-order valence-electron chi connectivity index (χ3n) is 5.66. The molecular weight excluding hydrogens is 412 g/mol. The Kier molecular flexibility index (Phi) is 5.24. The minimum atomic E-state index is -0.0450. The maximum absolute atomic E-state index is 13.2. The van der Waals surface area contributed by atoms with Crippen LogP contribution in [0.25, 0.3) is 5.69 Å². The summed E-state index contributed by atoms with van der Waals surface area (Å²) in [5.74, 6) is -0.0764. The zero-order valence-corrected chi connectivity index (χ0v) is 17.8. The number of hydrogen-bond donors (Lipinski definition) is 1. The molecule has 158 valence electrons. The van der Waals surface area contributed by atoms with Crippen LogP contribution in [-0.2, 0) is 6.54 Å². The molecule has 1 heterocycles. The van der Waals surface area contributed by atoms with E-state index in [1.807, 2.05) is 47.4 Å². The van der Waals surface area contributed by atoms with E-state index >= 15 is 0 Å². The van der Waals surface area contributed by atoms with Crippen LogP contribution in [0.5, 0.6) is 0 Å². The minimum absolute atomic E-state index is 0.0313. The quantitative estimate of drug-likeness (QED) is 0.605. The van der Waals surface area contributed by atoms with E-state index < -0.39 is 0 Å². The lowest BCUT2D eigenvalue weighted by molar-refractivity contribution is 0.0729. The van der Waals surface area contributed by atoms with Gasteiger partial charge in [-0.05, 0) is 55.5 Å². The largest absolute Gasteiger partial charge is 0.349 e. The summed E-state index contributed by atoms with van der Waals surface area (Å²) in [6.07, 6.45) is 7.46. The molecule has 0 aliphatic heterocycles. The smallest absolute Gasteiger partial charge is 0.257 e. The van der Waals surface area contributed by atoms with Gasteiger partial charge in [-0.15, -0.1) is 0 Å². The monoisotopic (exact) mass is 434 g/mol. The second kappa shape index (κ2) is 8.19. The Morgan fingerprint density at radius 1 is 1.03 bits per heavy atom. The molecule has 0 saturated heterocycles. The van der Waals surface area contributed by atoms with Crippen LogP contribution in [0.1, 0.15) is 52.0 Å². The van der Waals surface area contributed by atoms with E-state index in [9.17, 15) is 9.59 Å². The molecule has 0 spiro atoms. The van der Waals surface area contributed by atoms with Crippen molar-refractivity contribution in [1.82, 2.24) is 20.0 Å². The molecule has 2 amide bonds. The first-order chi connectivity index (χ1) is 15.1. The second-order valence-corrected chi connectivity index (χ2v) is 8.64. The van der Waals surface area contributed by atoms with Crippen LogP contribution in [-0.4, -0.2) is 38.6 Å². The molecule has 2 saturated carbocycles. The van der Waals surface area contributed by atoms with Crippen molar-refractivity contribution in [1.29, 1.82) is 0 Å². The van der Waals surface area contributed by atoms with Crippen LogP contribution in [0.2, 0.25) is 5.02 Å². The Balaban J connectivity index is 1.30. The second-order valence-electron chi connectivity index (χ2n) is 8.23. The fourth-order valence-electron chi connectivity index (χ4n) is 3.58. The maximum Gasteiger partial charge on any atom is 0.257 e. The third-order valence-corrected chi connectivity index (χ3v) is 5.98. The molecule has 2 aliphatic carbocycles. The van der Waals surface area contributed by atoms with Crippen LogP contribution in [0.15, 0.2) is 60.9 Å². The van der Waals surface area contributed by atoms with Gasteiger partial charge in [-0.2, -0.15) is 5.10 Å². The van der Waals surface area contributed by atoms with E-state index in [-0.39, 0.29) is 17.9 Å². The first-order valence-corrected chi connectivity index (χ1v) is 11.0. The van der Waals surface area contributed by atoms with Crippen molar-refractivity contribution in [3.8, 4) is 5.69 Å². The van der Waals surface area contributed by atoms with E-state index in [4.69, 9.17) is 11.6 Å². The van der Waals surface area contributed by atoms with Gasteiger partial charge < -0.3 is 10.2 Å². The number of rotatable bonds is 7. The first-order valence-electron chi connectivity index (χ1n) is 10.6. The molecule has 7 heteroatoms. The number of aromatic nitrogens is 2. The van der Waals surface area contributed by atoms with Gasteiger partial charge in [0.05, 0.1) is 22.5 Å². The van der Waals surface area contributed by atoms with Crippen LogP contribution in [0.3, 0.4) is 0 Å². The Bertz CT molecular complexity index is 1120. The van der Waals surface area contributed by atoms with E-state index in [0.717, 1.165) is 36.9 Å². The van der Waals surface area contributed by atoms with Gasteiger partial charge in [-0.1, -0.05) is 35.9 Å². The lowest BCUT2D eigenvalue weighted by Crippen LogP contribution is -2.32. The summed E-state index contributed by atoms with van der Waals surface area (Å²) in [6, 6.07) is 15.5. The molecule has 0 unspecified atom stereocenters. The Labute approximate surface area is 185 Å². The van der Waals surface area contributed by atoms with Gasteiger partial charge in [0, 0.05) is 30.4 Å². The van der Waals surface area contributed by atoms with Crippen molar-refractivity contribution in [2.24, 2.45) is 0 Å². The molecule has 6 nitrogen and oxygen atoms in total. The molecule has 5 rings (SSSR count). The highest BCUT2D eigenvalue weighted by atomic mass is 35.5. The molecule has 3 aromatic rings. The molecule has 0 radical (unpaired) electrons. The summed E-state index contributed by atoms with van der Waals surface area (Å²) in [5, 5.41) is 7.91. The van der Waals surface area contributed by atoms with Crippen molar-refractivity contribution >= 4 is 23.4 Å². The molecule has 2 aromatic carbocycles. The molecule has 1 aromatic heterocycles. The van der Waals surface area contributed by atoms with Gasteiger partial charge in [0.1, 0.15) is 0 Å². The SMILES string of the molecule is O=C(NC1CC1)c1ccc(CN(C(=O)c2cnn(-c3ccccc3Cl)c2)C2CC2)cc1. The normalized spacial score (nSPS) is 15.5. The molecule has 31 heavy (non-hydrogen) atoms. The summed E-state index contributed by atoms with van der Waals surface area (Å²) in [5.41, 5.74) is 2.93. The van der Waals surface area contributed by atoms with Crippen molar-refractivity contribution < 1.29 is 9.59 Å². The van der Waals surface area contributed by atoms with Gasteiger partial charge in [0.25, 0.3) is 11.8 Å².